The van der Waals surface area contributed by atoms with E-state index in [9.17, 15) is 5.11 Å². The Hall–Kier alpha value is -1.55. The third-order valence-corrected chi connectivity index (χ3v) is 3.94. The first kappa shape index (κ1) is 10.6. The predicted molar refractivity (Wildman–Crippen MR) is 71.5 cm³/mol. The summed E-state index contributed by atoms with van der Waals surface area (Å²) in [5, 5.41) is 11.1. The van der Waals surface area contributed by atoms with E-state index >= 15 is 0 Å². The third-order valence-electron chi connectivity index (χ3n) is 3.02. The van der Waals surface area contributed by atoms with Gasteiger partial charge in [0, 0.05) is 5.39 Å². The fourth-order valence-electron chi connectivity index (χ4n) is 2.20. The molecule has 3 nitrogen and oxygen atoms in total. The quantitative estimate of drug-likeness (QED) is 0.687. The van der Waals surface area contributed by atoms with Crippen LogP contribution in [-0.4, -0.2) is 14.5 Å². The van der Waals surface area contributed by atoms with E-state index in [2.05, 4.69) is 20.9 Å². The summed E-state index contributed by atoms with van der Waals surface area (Å²) in [5.41, 5.74) is 3.68. The molecular formula is C13H11BrN2O. The SMILES string of the molecule is Cc1nc2cc(C)c3cccc(O)c3n2c1Br. The zero-order chi connectivity index (χ0) is 12.2. The number of phenolic OH excluding ortho intramolecular Hbond substituents is 1. The standard InChI is InChI=1S/C13H11BrN2O/c1-7-6-11-15-8(2)13(14)16(11)12-9(7)4-3-5-10(12)17/h3-6,17H,1-2H3. The first-order valence-corrected chi connectivity index (χ1v) is 6.14. The number of nitrogens with zero attached hydrogens (tertiary/aromatic N) is 2. The molecule has 4 heteroatoms. The van der Waals surface area contributed by atoms with Crippen LogP contribution in [0.4, 0.5) is 0 Å². The number of fused-ring (bicyclic) bond motifs is 3. The Labute approximate surface area is 107 Å². The summed E-state index contributed by atoms with van der Waals surface area (Å²) in [6.45, 7) is 3.97. The molecule has 0 aliphatic heterocycles. The maximum Gasteiger partial charge on any atom is 0.140 e. The monoisotopic (exact) mass is 290 g/mol. The summed E-state index contributed by atoms with van der Waals surface area (Å²) in [5.74, 6) is 0.273. The molecule has 1 N–H and O–H groups in total. The number of pyridine rings is 1. The van der Waals surface area contributed by atoms with Crippen molar-refractivity contribution in [2.24, 2.45) is 0 Å². The van der Waals surface area contributed by atoms with E-state index in [4.69, 9.17) is 0 Å². The zero-order valence-corrected chi connectivity index (χ0v) is 11.1. The van der Waals surface area contributed by atoms with Crippen molar-refractivity contribution in [1.82, 2.24) is 9.38 Å². The summed E-state index contributed by atoms with van der Waals surface area (Å²) >= 11 is 3.52. The van der Waals surface area contributed by atoms with Crippen LogP contribution in [0.3, 0.4) is 0 Å². The Morgan fingerprint density at radius 2 is 2.06 bits per heavy atom. The van der Waals surface area contributed by atoms with Crippen molar-refractivity contribution in [3.63, 3.8) is 0 Å². The first-order chi connectivity index (χ1) is 8.09. The highest BCUT2D eigenvalue weighted by atomic mass is 79.9. The van der Waals surface area contributed by atoms with Crippen molar-refractivity contribution in [2.75, 3.05) is 0 Å². The van der Waals surface area contributed by atoms with Gasteiger partial charge in [-0.05, 0) is 47.5 Å². The normalized spacial score (nSPS) is 11.5. The fraction of sp³-hybridized carbons (Fsp3) is 0.154. The number of hydrogen-bond acceptors (Lipinski definition) is 2. The van der Waals surface area contributed by atoms with Gasteiger partial charge >= 0.3 is 0 Å². The topological polar surface area (TPSA) is 37.5 Å². The van der Waals surface area contributed by atoms with Gasteiger partial charge in [0.05, 0.1) is 11.2 Å². The molecule has 0 unspecified atom stereocenters. The van der Waals surface area contributed by atoms with Crippen LogP contribution in [0.5, 0.6) is 5.75 Å². The van der Waals surface area contributed by atoms with E-state index in [1.54, 1.807) is 6.07 Å². The number of benzene rings is 1. The predicted octanol–water partition coefficient (Wildman–Crippen LogP) is 3.57. The molecule has 3 aromatic rings. The number of aromatic nitrogens is 2. The van der Waals surface area contributed by atoms with Crippen molar-refractivity contribution < 1.29 is 5.11 Å². The number of phenols is 1. The molecule has 0 aliphatic rings. The van der Waals surface area contributed by atoms with Crippen molar-refractivity contribution in [1.29, 1.82) is 0 Å². The lowest BCUT2D eigenvalue weighted by Gasteiger charge is -2.08. The smallest absolute Gasteiger partial charge is 0.140 e. The molecule has 0 atom stereocenters. The lowest BCUT2D eigenvalue weighted by molar-refractivity contribution is 0.480. The number of imidazole rings is 1. The van der Waals surface area contributed by atoms with E-state index in [-0.39, 0.29) is 5.75 Å². The summed E-state index contributed by atoms with van der Waals surface area (Å²) in [6, 6.07) is 7.59. The highest BCUT2D eigenvalue weighted by Gasteiger charge is 2.13. The number of hydrogen-bond donors (Lipinski definition) is 1. The highest BCUT2D eigenvalue weighted by Crippen LogP contribution is 2.31. The minimum atomic E-state index is 0.273. The molecule has 0 spiro atoms. The molecule has 0 amide bonds. The Bertz CT molecular complexity index is 746. The van der Waals surface area contributed by atoms with Gasteiger partial charge in [-0.1, -0.05) is 12.1 Å². The second-order valence-corrected chi connectivity index (χ2v) is 4.93. The highest BCUT2D eigenvalue weighted by molar-refractivity contribution is 9.10. The molecule has 3 rings (SSSR count). The number of aryl methyl sites for hydroxylation is 2. The molecule has 0 radical (unpaired) electrons. The maximum absolute atomic E-state index is 10.1. The zero-order valence-electron chi connectivity index (χ0n) is 9.53. The lowest BCUT2D eigenvalue weighted by atomic mass is 10.1. The van der Waals surface area contributed by atoms with Crippen LogP contribution in [0.25, 0.3) is 16.6 Å². The lowest BCUT2D eigenvalue weighted by Crippen LogP contribution is -1.91. The third kappa shape index (κ3) is 1.37. The molecule has 0 bridgehead atoms. The van der Waals surface area contributed by atoms with Crippen LogP contribution < -0.4 is 0 Å². The second kappa shape index (κ2) is 3.47. The fourth-order valence-corrected chi connectivity index (χ4v) is 2.64. The minimum Gasteiger partial charge on any atom is -0.506 e. The number of para-hydroxylation sites is 1. The van der Waals surface area contributed by atoms with Crippen LogP contribution in [0.15, 0.2) is 28.9 Å². The molecule has 86 valence electrons. The van der Waals surface area contributed by atoms with Crippen molar-refractivity contribution >= 4 is 32.5 Å². The second-order valence-electron chi connectivity index (χ2n) is 4.18. The molecule has 1 aromatic carbocycles. The van der Waals surface area contributed by atoms with E-state index in [0.29, 0.717) is 0 Å². The van der Waals surface area contributed by atoms with E-state index in [1.807, 2.05) is 36.4 Å². The number of halogens is 1. The molecule has 0 saturated carbocycles. The molecule has 2 aromatic heterocycles. The molecule has 2 heterocycles. The Morgan fingerprint density at radius 1 is 1.29 bits per heavy atom. The summed E-state index contributed by atoms with van der Waals surface area (Å²) in [7, 11) is 0. The maximum atomic E-state index is 10.1. The van der Waals surface area contributed by atoms with Gasteiger partial charge in [0.1, 0.15) is 16.0 Å². The summed E-state index contributed by atoms with van der Waals surface area (Å²) < 4.78 is 2.83. The van der Waals surface area contributed by atoms with E-state index in [1.165, 1.54) is 0 Å². The number of aromatic hydroxyl groups is 1. The van der Waals surface area contributed by atoms with Crippen LogP contribution in [0.2, 0.25) is 0 Å². The molecular weight excluding hydrogens is 280 g/mol. The van der Waals surface area contributed by atoms with Crippen LogP contribution in [-0.2, 0) is 0 Å². The van der Waals surface area contributed by atoms with Crippen LogP contribution >= 0.6 is 15.9 Å². The Kier molecular flexibility index (Phi) is 2.16. The van der Waals surface area contributed by atoms with Crippen molar-refractivity contribution in [3.05, 3.63) is 40.1 Å². The minimum absolute atomic E-state index is 0.273. The Balaban J connectivity index is 2.70. The van der Waals surface area contributed by atoms with Gasteiger partial charge in [0.25, 0.3) is 0 Å². The summed E-state index contributed by atoms with van der Waals surface area (Å²) in [4.78, 5) is 4.47. The van der Waals surface area contributed by atoms with Gasteiger partial charge in [-0.2, -0.15) is 0 Å². The van der Waals surface area contributed by atoms with Gasteiger partial charge in [-0.15, -0.1) is 0 Å². The van der Waals surface area contributed by atoms with E-state index in [0.717, 1.165) is 32.4 Å². The Morgan fingerprint density at radius 3 is 2.82 bits per heavy atom. The van der Waals surface area contributed by atoms with Crippen LogP contribution in [0.1, 0.15) is 11.3 Å². The number of rotatable bonds is 0. The van der Waals surface area contributed by atoms with E-state index < -0.39 is 0 Å². The summed E-state index contributed by atoms with van der Waals surface area (Å²) in [6.07, 6.45) is 0. The van der Waals surface area contributed by atoms with Gasteiger partial charge in [-0.25, -0.2) is 4.98 Å². The van der Waals surface area contributed by atoms with Gasteiger partial charge in [-0.3, -0.25) is 4.40 Å². The van der Waals surface area contributed by atoms with Crippen molar-refractivity contribution in [3.8, 4) is 5.75 Å². The van der Waals surface area contributed by atoms with Crippen molar-refractivity contribution in [2.45, 2.75) is 13.8 Å². The van der Waals surface area contributed by atoms with Gasteiger partial charge in [0.15, 0.2) is 0 Å². The van der Waals surface area contributed by atoms with Crippen LogP contribution in [0, 0.1) is 13.8 Å². The molecule has 0 saturated heterocycles. The average molecular weight is 291 g/mol. The molecule has 0 aliphatic carbocycles. The molecule has 0 fully saturated rings. The van der Waals surface area contributed by atoms with Gasteiger partial charge in [0.2, 0.25) is 0 Å². The van der Waals surface area contributed by atoms with Gasteiger partial charge < -0.3 is 5.11 Å². The first-order valence-electron chi connectivity index (χ1n) is 5.35. The average Bonchev–Trinajstić information content (AvgIpc) is 2.56. The largest absolute Gasteiger partial charge is 0.506 e. The molecule has 17 heavy (non-hydrogen) atoms.